The summed E-state index contributed by atoms with van der Waals surface area (Å²) in [6, 6.07) is 10.6. The van der Waals surface area contributed by atoms with E-state index >= 15 is 0 Å². The SMILES string of the molecule is CC(c1ccc(O)cc1)N(C)C(=O)CCc1ccco1. The smallest absolute Gasteiger partial charge is 0.223 e. The van der Waals surface area contributed by atoms with Gasteiger partial charge in [-0.15, -0.1) is 0 Å². The Kier molecular flexibility index (Phi) is 4.45. The van der Waals surface area contributed by atoms with E-state index in [1.54, 1.807) is 30.3 Å². The van der Waals surface area contributed by atoms with E-state index in [1.165, 1.54) is 0 Å². The summed E-state index contributed by atoms with van der Waals surface area (Å²) in [4.78, 5) is 13.9. The summed E-state index contributed by atoms with van der Waals surface area (Å²) < 4.78 is 5.22. The van der Waals surface area contributed by atoms with Crippen molar-refractivity contribution in [1.29, 1.82) is 0 Å². The van der Waals surface area contributed by atoms with Crippen molar-refractivity contribution in [2.24, 2.45) is 0 Å². The molecule has 1 N–H and O–H groups in total. The Morgan fingerprint density at radius 2 is 2.00 bits per heavy atom. The number of hydrogen-bond acceptors (Lipinski definition) is 3. The number of carbonyl (C=O) groups excluding carboxylic acids is 1. The minimum absolute atomic E-state index is 0.0281. The van der Waals surface area contributed by atoms with E-state index in [9.17, 15) is 9.90 Å². The molecule has 0 saturated heterocycles. The van der Waals surface area contributed by atoms with Crippen molar-refractivity contribution in [3.63, 3.8) is 0 Å². The molecule has 2 aromatic rings. The van der Waals surface area contributed by atoms with Crippen molar-refractivity contribution >= 4 is 5.91 Å². The lowest BCUT2D eigenvalue weighted by molar-refractivity contribution is -0.131. The van der Waals surface area contributed by atoms with Crippen molar-refractivity contribution in [2.45, 2.75) is 25.8 Å². The molecule has 0 spiro atoms. The molecule has 20 heavy (non-hydrogen) atoms. The van der Waals surface area contributed by atoms with Crippen LogP contribution in [0.2, 0.25) is 0 Å². The largest absolute Gasteiger partial charge is 0.508 e. The molecule has 1 aromatic heterocycles. The van der Waals surface area contributed by atoms with E-state index < -0.39 is 0 Å². The van der Waals surface area contributed by atoms with Crippen LogP contribution in [0.3, 0.4) is 0 Å². The van der Waals surface area contributed by atoms with Crippen LogP contribution in [-0.2, 0) is 11.2 Å². The molecule has 1 unspecified atom stereocenters. The quantitative estimate of drug-likeness (QED) is 0.910. The van der Waals surface area contributed by atoms with Gasteiger partial charge in [-0.1, -0.05) is 12.1 Å². The average Bonchev–Trinajstić information content (AvgIpc) is 2.97. The number of phenols is 1. The number of amides is 1. The molecule has 4 heteroatoms. The van der Waals surface area contributed by atoms with Crippen molar-refractivity contribution in [3.05, 3.63) is 54.0 Å². The summed E-state index contributed by atoms with van der Waals surface area (Å²) in [5.74, 6) is 1.12. The summed E-state index contributed by atoms with van der Waals surface area (Å²) in [5.41, 5.74) is 0.997. The molecule has 0 aliphatic rings. The predicted molar refractivity (Wildman–Crippen MR) is 76.3 cm³/mol. The van der Waals surface area contributed by atoms with Gasteiger partial charge in [0.2, 0.25) is 5.91 Å². The molecule has 0 aliphatic carbocycles. The molecular weight excluding hydrogens is 254 g/mol. The van der Waals surface area contributed by atoms with E-state index in [0.29, 0.717) is 12.8 Å². The maximum atomic E-state index is 12.2. The summed E-state index contributed by atoms with van der Waals surface area (Å²) in [6.07, 6.45) is 2.65. The zero-order valence-electron chi connectivity index (χ0n) is 11.7. The van der Waals surface area contributed by atoms with Gasteiger partial charge in [-0.25, -0.2) is 0 Å². The highest BCUT2D eigenvalue weighted by Crippen LogP contribution is 2.22. The Labute approximate surface area is 118 Å². The minimum Gasteiger partial charge on any atom is -0.508 e. The first-order chi connectivity index (χ1) is 9.58. The number of nitrogens with zero attached hydrogens (tertiary/aromatic N) is 1. The molecular formula is C16H19NO3. The molecule has 0 fully saturated rings. The number of benzene rings is 1. The van der Waals surface area contributed by atoms with Crippen LogP contribution in [0.25, 0.3) is 0 Å². The fraction of sp³-hybridized carbons (Fsp3) is 0.312. The van der Waals surface area contributed by atoms with Gasteiger partial charge in [0.05, 0.1) is 12.3 Å². The van der Waals surface area contributed by atoms with Gasteiger partial charge < -0.3 is 14.4 Å². The van der Waals surface area contributed by atoms with E-state index in [4.69, 9.17) is 4.42 Å². The second-order valence-corrected chi connectivity index (χ2v) is 4.85. The molecule has 1 aromatic carbocycles. The van der Waals surface area contributed by atoms with E-state index in [-0.39, 0.29) is 17.7 Å². The molecule has 0 bridgehead atoms. The van der Waals surface area contributed by atoms with Gasteiger partial charge in [0.25, 0.3) is 0 Å². The Morgan fingerprint density at radius 1 is 1.30 bits per heavy atom. The van der Waals surface area contributed by atoms with Gasteiger partial charge in [0.1, 0.15) is 11.5 Å². The zero-order valence-corrected chi connectivity index (χ0v) is 11.7. The van der Waals surface area contributed by atoms with E-state index in [1.807, 2.05) is 31.2 Å². The van der Waals surface area contributed by atoms with E-state index in [0.717, 1.165) is 11.3 Å². The summed E-state index contributed by atoms with van der Waals surface area (Å²) >= 11 is 0. The molecule has 2 rings (SSSR count). The van der Waals surface area contributed by atoms with Crippen molar-refractivity contribution in [3.8, 4) is 5.75 Å². The molecule has 1 amide bonds. The molecule has 106 valence electrons. The van der Waals surface area contributed by atoms with Crippen LogP contribution >= 0.6 is 0 Å². The minimum atomic E-state index is -0.0281. The zero-order chi connectivity index (χ0) is 14.5. The number of rotatable bonds is 5. The van der Waals surface area contributed by atoms with Crippen LogP contribution in [0, 0.1) is 0 Å². The topological polar surface area (TPSA) is 53.7 Å². The summed E-state index contributed by atoms with van der Waals surface area (Å²) in [6.45, 7) is 1.97. The second kappa shape index (κ2) is 6.28. The third-order valence-corrected chi connectivity index (χ3v) is 3.52. The number of aryl methyl sites for hydroxylation is 1. The highest BCUT2D eigenvalue weighted by Gasteiger charge is 2.17. The Morgan fingerprint density at radius 3 is 2.60 bits per heavy atom. The first kappa shape index (κ1) is 14.2. The Balaban J connectivity index is 1.93. The lowest BCUT2D eigenvalue weighted by Crippen LogP contribution is -2.29. The third-order valence-electron chi connectivity index (χ3n) is 3.52. The number of furan rings is 1. The van der Waals surface area contributed by atoms with Crippen LogP contribution in [0.1, 0.15) is 30.7 Å². The standard InChI is InChI=1S/C16H19NO3/c1-12(13-5-7-14(18)8-6-13)17(2)16(19)10-9-15-4-3-11-20-15/h3-8,11-12,18H,9-10H2,1-2H3. The lowest BCUT2D eigenvalue weighted by Gasteiger charge is -2.25. The van der Waals surface area contributed by atoms with Crippen LogP contribution in [0.5, 0.6) is 5.75 Å². The molecule has 4 nitrogen and oxygen atoms in total. The van der Waals surface area contributed by atoms with Crippen LogP contribution in [-0.4, -0.2) is 23.0 Å². The van der Waals surface area contributed by atoms with Gasteiger partial charge in [0.15, 0.2) is 0 Å². The normalized spacial score (nSPS) is 12.1. The molecule has 0 radical (unpaired) electrons. The molecule has 1 heterocycles. The van der Waals surface area contributed by atoms with Crippen LogP contribution < -0.4 is 0 Å². The monoisotopic (exact) mass is 273 g/mol. The first-order valence-corrected chi connectivity index (χ1v) is 6.65. The Hall–Kier alpha value is -2.23. The molecule has 0 saturated carbocycles. The third kappa shape index (κ3) is 3.41. The summed E-state index contributed by atoms with van der Waals surface area (Å²) in [7, 11) is 1.79. The van der Waals surface area contributed by atoms with Crippen molar-refractivity contribution in [1.82, 2.24) is 4.90 Å². The number of aromatic hydroxyl groups is 1. The van der Waals surface area contributed by atoms with Crippen molar-refractivity contribution < 1.29 is 14.3 Å². The maximum absolute atomic E-state index is 12.2. The fourth-order valence-corrected chi connectivity index (χ4v) is 2.05. The van der Waals surface area contributed by atoms with Crippen LogP contribution in [0.15, 0.2) is 47.1 Å². The predicted octanol–water partition coefficient (Wildman–Crippen LogP) is 3.14. The van der Waals surface area contributed by atoms with Gasteiger partial charge >= 0.3 is 0 Å². The number of carbonyl (C=O) groups is 1. The lowest BCUT2D eigenvalue weighted by atomic mass is 10.1. The highest BCUT2D eigenvalue weighted by atomic mass is 16.3. The van der Waals surface area contributed by atoms with Crippen molar-refractivity contribution in [2.75, 3.05) is 7.05 Å². The number of hydrogen-bond donors (Lipinski definition) is 1. The van der Waals surface area contributed by atoms with Gasteiger partial charge in [0, 0.05) is 19.9 Å². The average molecular weight is 273 g/mol. The maximum Gasteiger partial charge on any atom is 0.223 e. The fourth-order valence-electron chi connectivity index (χ4n) is 2.05. The van der Waals surface area contributed by atoms with Gasteiger partial charge in [-0.3, -0.25) is 4.79 Å². The first-order valence-electron chi connectivity index (χ1n) is 6.65. The Bertz CT molecular complexity index is 546. The van der Waals surface area contributed by atoms with Gasteiger partial charge in [-0.05, 0) is 36.8 Å². The summed E-state index contributed by atoms with van der Waals surface area (Å²) in [5, 5.41) is 9.29. The van der Waals surface area contributed by atoms with Gasteiger partial charge in [-0.2, -0.15) is 0 Å². The molecule has 1 atom stereocenters. The second-order valence-electron chi connectivity index (χ2n) is 4.85. The van der Waals surface area contributed by atoms with Crippen LogP contribution in [0.4, 0.5) is 0 Å². The highest BCUT2D eigenvalue weighted by molar-refractivity contribution is 5.76. The number of phenolic OH excluding ortho intramolecular Hbond substituents is 1. The molecule has 0 aliphatic heterocycles. The van der Waals surface area contributed by atoms with E-state index in [2.05, 4.69) is 0 Å².